The molecular formula is C31H39N7O2S. The smallest absolute Gasteiger partial charge is 0.217 e. The van der Waals surface area contributed by atoms with Gasteiger partial charge in [-0.25, -0.2) is 4.98 Å². The largest absolute Gasteiger partial charge is 0.473 e. The number of likely N-dealkylation sites (tertiary alicyclic amines) is 2. The molecule has 4 atom stereocenters. The number of fused-ring (bicyclic) bond motifs is 4. The minimum absolute atomic E-state index is 0.0213. The number of likely N-dealkylation sites (N-methyl/N-ethyl adjacent to an activating group) is 2. The van der Waals surface area contributed by atoms with Crippen molar-refractivity contribution in [2.75, 3.05) is 39.5 Å². The lowest BCUT2D eigenvalue weighted by atomic mass is 9.63. The lowest BCUT2D eigenvalue weighted by Crippen LogP contribution is -2.38. The van der Waals surface area contributed by atoms with Crippen molar-refractivity contribution in [3.63, 3.8) is 0 Å². The number of rotatable bonds is 5. The standard InChI is InChI=1S/C31H39N7O2S/c1-18(23-8-6-13-38(23)3)39-25-15-22(19-10-14-37(2)17-19)34-30(35-25)27-20-7-4-11-31(28(20)40-36-27)12-5-9-24-26(31)21(16-32)29(33)41-24/h15,18-19,23H,4-14,17,33H2,1-3H3/t18-,19+,23-,31-/m0/s1. The second-order valence-electron chi connectivity index (χ2n) is 12.6. The zero-order chi connectivity index (χ0) is 28.3. The predicted octanol–water partition coefficient (Wildman–Crippen LogP) is 4.89. The summed E-state index contributed by atoms with van der Waals surface area (Å²) in [5.41, 5.74) is 10.5. The number of aryl methyl sites for hydroxylation is 1. The van der Waals surface area contributed by atoms with E-state index in [-0.39, 0.29) is 11.5 Å². The van der Waals surface area contributed by atoms with Crippen LogP contribution in [0.1, 0.15) is 90.8 Å². The van der Waals surface area contributed by atoms with Gasteiger partial charge in [-0.3, -0.25) is 4.90 Å². The second kappa shape index (κ2) is 10.4. The van der Waals surface area contributed by atoms with Crippen molar-refractivity contribution in [3.8, 4) is 23.5 Å². The van der Waals surface area contributed by atoms with Gasteiger partial charge in [0.2, 0.25) is 5.88 Å². The summed E-state index contributed by atoms with van der Waals surface area (Å²) < 4.78 is 12.8. The van der Waals surface area contributed by atoms with Crippen LogP contribution in [0.2, 0.25) is 0 Å². The summed E-state index contributed by atoms with van der Waals surface area (Å²) in [6.07, 6.45) is 9.12. The lowest BCUT2D eigenvalue weighted by molar-refractivity contribution is 0.117. The van der Waals surface area contributed by atoms with Crippen molar-refractivity contribution in [2.24, 2.45) is 0 Å². The molecule has 2 aliphatic heterocycles. The Morgan fingerprint density at radius 2 is 2.00 bits per heavy atom. The molecule has 0 saturated carbocycles. The van der Waals surface area contributed by atoms with Gasteiger partial charge >= 0.3 is 0 Å². The molecule has 41 heavy (non-hydrogen) atoms. The van der Waals surface area contributed by atoms with E-state index in [2.05, 4.69) is 42.0 Å². The molecule has 5 heterocycles. The molecule has 216 valence electrons. The molecule has 2 saturated heterocycles. The topological polar surface area (TPSA) is 117 Å². The zero-order valence-electron chi connectivity index (χ0n) is 24.3. The molecule has 1 spiro atoms. The van der Waals surface area contributed by atoms with Gasteiger partial charge in [0.05, 0.1) is 16.7 Å². The number of hydrogen-bond donors (Lipinski definition) is 1. The molecule has 4 aliphatic rings. The van der Waals surface area contributed by atoms with Gasteiger partial charge in [0.15, 0.2) is 17.3 Å². The summed E-state index contributed by atoms with van der Waals surface area (Å²) >= 11 is 1.57. The average molecular weight is 574 g/mol. The van der Waals surface area contributed by atoms with Crippen LogP contribution in [-0.4, -0.2) is 70.8 Å². The number of nitrogens with two attached hydrogens (primary N) is 1. The van der Waals surface area contributed by atoms with E-state index < -0.39 is 0 Å². The first-order valence-corrected chi connectivity index (χ1v) is 15.9. The Morgan fingerprint density at radius 3 is 2.73 bits per heavy atom. The summed E-state index contributed by atoms with van der Waals surface area (Å²) in [7, 11) is 4.34. The maximum absolute atomic E-state index is 10.0. The highest BCUT2D eigenvalue weighted by Crippen LogP contribution is 2.55. The molecule has 3 aromatic rings. The Morgan fingerprint density at radius 1 is 1.17 bits per heavy atom. The number of ether oxygens (including phenoxy) is 1. The SMILES string of the molecule is C[C@H](Oc1cc([C@@H]2CCN(C)C2)nc(-c2noc3c2CCC[C@@]32CCCc3sc(N)c(C#N)c32)n1)[C@@H]1CCCN1C. The van der Waals surface area contributed by atoms with Crippen LogP contribution in [0.3, 0.4) is 0 Å². The first-order valence-electron chi connectivity index (χ1n) is 15.1. The fraction of sp³-hybridized carbons (Fsp3) is 0.613. The molecule has 2 aliphatic carbocycles. The molecule has 0 radical (unpaired) electrons. The van der Waals surface area contributed by atoms with Crippen LogP contribution < -0.4 is 10.5 Å². The van der Waals surface area contributed by atoms with E-state index >= 15 is 0 Å². The highest BCUT2D eigenvalue weighted by molar-refractivity contribution is 7.16. The number of hydrogen-bond acceptors (Lipinski definition) is 10. The Bertz CT molecular complexity index is 1500. The van der Waals surface area contributed by atoms with Crippen LogP contribution in [0, 0.1) is 11.3 Å². The Hall–Kier alpha value is -3.00. The van der Waals surface area contributed by atoms with Crippen molar-refractivity contribution < 1.29 is 9.26 Å². The van der Waals surface area contributed by atoms with E-state index in [0.29, 0.717) is 34.2 Å². The first kappa shape index (κ1) is 26.9. The van der Waals surface area contributed by atoms with Gasteiger partial charge in [0, 0.05) is 35.0 Å². The molecule has 3 aromatic heterocycles. The molecule has 2 fully saturated rings. The summed E-state index contributed by atoms with van der Waals surface area (Å²) in [6, 6.07) is 4.84. The third kappa shape index (κ3) is 4.44. The number of aromatic nitrogens is 3. The van der Waals surface area contributed by atoms with Crippen LogP contribution in [0.5, 0.6) is 5.88 Å². The average Bonchev–Trinajstić information content (AvgIpc) is 3.75. The number of anilines is 1. The fourth-order valence-electron chi connectivity index (χ4n) is 8.01. The first-order chi connectivity index (χ1) is 19.9. The van der Waals surface area contributed by atoms with Crippen LogP contribution in [0.4, 0.5) is 5.00 Å². The maximum Gasteiger partial charge on any atom is 0.217 e. The maximum atomic E-state index is 10.0. The van der Waals surface area contributed by atoms with Crippen LogP contribution in [0.15, 0.2) is 10.6 Å². The van der Waals surface area contributed by atoms with E-state index in [1.54, 1.807) is 11.3 Å². The minimum atomic E-state index is -0.363. The number of nitrogens with zero attached hydrogens (tertiary/aromatic N) is 6. The summed E-state index contributed by atoms with van der Waals surface area (Å²) in [6.45, 7) is 5.28. The Labute approximate surface area is 245 Å². The van der Waals surface area contributed by atoms with Crippen LogP contribution in [-0.2, 0) is 18.3 Å². The van der Waals surface area contributed by atoms with E-state index in [0.717, 1.165) is 99.3 Å². The highest BCUT2D eigenvalue weighted by atomic mass is 32.1. The van der Waals surface area contributed by atoms with Gasteiger partial charge in [-0.05, 0) is 97.5 Å². The van der Waals surface area contributed by atoms with Crippen molar-refractivity contribution in [1.29, 1.82) is 5.26 Å². The van der Waals surface area contributed by atoms with E-state index in [4.69, 9.17) is 25.0 Å². The summed E-state index contributed by atoms with van der Waals surface area (Å²) in [5.74, 6) is 2.41. The molecular weight excluding hydrogens is 534 g/mol. The van der Waals surface area contributed by atoms with Crippen molar-refractivity contribution >= 4 is 16.3 Å². The van der Waals surface area contributed by atoms with Gasteiger partial charge in [-0.15, -0.1) is 11.3 Å². The number of nitriles is 1. The summed E-state index contributed by atoms with van der Waals surface area (Å²) in [4.78, 5) is 16.0. The molecule has 0 bridgehead atoms. The molecule has 0 amide bonds. The van der Waals surface area contributed by atoms with Crippen LogP contribution >= 0.6 is 11.3 Å². The fourth-order valence-corrected chi connectivity index (χ4v) is 9.17. The van der Waals surface area contributed by atoms with Gasteiger partial charge in [0.1, 0.15) is 17.2 Å². The molecule has 9 nitrogen and oxygen atoms in total. The minimum Gasteiger partial charge on any atom is -0.473 e. The summed E-state index contributed by atoms with van der Waals surface area (Å²) in [5, 5.41) is 15.3. The lowest BCUT2D eigenvalue weighted by Gasteiger charge is -2.39. The third-order valence-corrected chi connectivity index (χ3v) is 11.1. The van der Waals surface area contributed by atoms with Gasteiger partial charge < -0.3 is 19.9 Å². The van der Waals surface area contributed by atoms with Crippen LogP contribution in [0.25, 0.3) is 11.5 Å². The zero-order valence-corrected chi connectivity index (χ0v) is 25.1. The number of nitrogen functional groups attached to an aromatic ring is 1. The van der Waals surface area contributed by atoms with Gasteiger partial charge in [-0.1, -0.05) is 5.16 Å². The van der Waals surface area contributed by atoms with Gasteiger partial charge in [0.25, 0.3) is 0 Å². The van der Waals surface area contributed by atoms with Crippen molar-refractivity contribution in [2.45, 2.75) is 88.2 Å². The highest BCUT2D eigenvalue weighted by Gasteiger charge is 2.49. The Kier molecular flexibility index (Phi) is 6.80. The normalized spacial score (nSPS) is 27.1. The molecule has 2 N–H and O–H groups in total. The molecule has 0 unspecified atom stereocenters. The van der Waals surface area contributed by atoms with E-state index in [9.17, 15) is 5.26 Å². The quantitative estimate of drug-likeness (QED) is 0.455. The molecule has 7 rings (SSSR count). The molecule has 0 aromatic carbocycles. The van der Waals surface area contributed by atoms with Crippen molar-refractivity contribution in [1.82, 2.24) is 24.9 Å². The van der Waals surface area contributed by atoms with Gasteiger partial charge in [-0.2, -0.15) is 10.2 Å². The van der Waals surface area contributed by atoms with E-state index in [1.807, 2.05) is 6.07 Å². The monoisotopic (exact) mass is 573 g/mol. The number of thiophene rings is 1. The van der Waals surface area contributed by atoms with Crippen molar-refractivity contribution in [3.05, 3.63) is 39.1 Å². The predicted molar refractivity (Wildman–Crippen MR) is 158 cm³/mol. The molecule has 10 heteroatoms. The Balaban J connectivity index is 1.31. The van der Waals surface area contributed by atoms with E-state index in [1.165, 1.54) is 11.3 Å². The second-order valence-corrected chi connectivity index (χ2v) is 13.7. The third-order valence-electron chi connectivity index (χ3n) is 10.0.